The zero-order valence-electron chi connectivity index (χ0n) is 11.9. The van der Waals surface area contributed by atoms with Gasteiger partial charge in [0.15, 0.2) is 0 Å². The van der Waals surface area contributed by atoms with Crippen molar-refractivity contribution >= 4 is 11.5 Å². The van der Waals surface area contributed by atoms with Crippen LogP contribution in [0.15, 0.2) is 12.1 Å². The Hall–Kier alpha value is -1.49. The van der Waals surface area contributed by atoms with Crippen LogP contribution in [0.5, 0.6) is 5.88 Å². The number of likely N-dealkylation sites (tertiary alicyclic amines) is 1. The van der Waals surface area contributed by atoms with E-state index in [-0.39, 0.29) is 0 Å². The number of hydrogen-bond donors (Lipinski definition) is 2. The zero-order valence-corrected chi connectivity index (χ0v) is 11.9. The number of nitrogens with one attached hydrogen (secondary N) is 1. The van der Waals surface area contributed by atoms with Crippen LogP contribution >= 0.6 is 0 Å². The molecule has 1 atom stereocenters. The SMILES string of the molecule is CCOc1nc(NC2CCCN(CC)C2)ccc1N. The Morgan fingerprint density at radius 1 is 1.47 bits per heavy atom. The lowest BCUT2D eigenvalue weighted by molar-refractivity contribution is 0.226. The average Bonchev–Trinajstić information content (AvgIpc) is 2.43. The number of rotatable bonds is 5. The summed E-state index contributed by atoms with van der Waals surface area (Å²) in [6.45, 7) is 8.10. The van der Waals surface area contributed by atoms with Crippen LogP contribution < -0.4 is 15.8 Å². The maximum Gasteiger partial charge on any atom is 0.239 e. The molecule has 106 valence electrons. The van der Waals surface area contributed by atoms with Gasteiger partial charge in [0, 0.05) is 12.6 Å². The molecule has 1 aromatic rings. The molecule has 1 aliphatic rings. The van der Waals surface area contributed by atoms with E-state index in [1.807, 2.05) is 19.1 Å². The average molecular weight is 264 g/mol. The van der Waals surface area contributed by atoms with E-state index in [1.54, 1.807) is 0 Å². The summed E-state index contributed by atoms with van der Waals surface area (Å²) >= 11 is 0. The van der Waals surface area contributed by atoms with Crippen molar-refractivity contribution in [3.8, 4) is 5.88 Å². The molecule has 19 heavy (non-hydrogen) atoms. The first kappa shape index (κ1) is 13.9. The lowest BCUT2D eigenvalue weighted by Crippen LogP contribution is -2.41. The standard InChI is InChI=1S/C14H24N4O/c1-3-18-9-5-6-11(10-18)16-13-8-7-12(15)14(17-13)19-4-2/h7-8,11H,3-6,9-10,15H2,1-2H3,(H,16,17). The van der Waals surface area contributed by atoms with Crippen molar-refractivity contribution in [3.05, 3.63) is 12.1 Å². The Morgan fingerprint density at radius 2 is 2.32 bits per heavy atom. The largest absolute Gasteiger partial charge is 0.476 e. The minimum Gasteiger partial charge on any atom is -0.476 e. The van der Waals surface area contributed by atoms with Gasteiger partial charge in [0.25, 0.3) is 0 Å². The van der Waals surface area contributed by atoms with Crippen molar-refractivity contribution in [2.45, 2.75) is 32.7 Å². The van der Waals surface area contributed by atoms with Gasteiger partial charge >= 0.3 is 0 Å². The molecule has 0 saturated carbocycles. The predicted molar refractivity (Wildman–Crippen MR) is 78.6 cm³/mol. The normalized spacial score (nSPS) is 20.2. The monoisotopic (exact) mass is 264 g/mol. The van der Waals surface area contributed by atoms with Crippen molar-refractivity contribution in [1.82, 2.24) is 9.88 Å². The number of nitrogen functional groups attached to an aromatic ring is 1. The molecule has 0 amide bonds. The van der Waals surface area contributed by atoms with Crippen molar-refractivity contribution in [3.63, 3.8) is 0 Å². The molecule has 3 N–H and O–H groups in total. The molecular formula is C14H24N4O. The van der Waals surface area contributed by atoms with Crippen LogP contribution in [0.1, 0.15) is 26.7 Å². The molecule has 0 radical (unpaired) electrons. The fourth-order valence-electron chi connectivity index (χ4n) is 2.45. The number of anilines is 2. The van der Waals surface area contributed by atoms with Crippen molar-refractivity contribution in [2.75, 3.05) is 37.3 Å². The fourth-order valence-corrected chi connectivity index (χ4v) is 2.45. The number of nitrogens with two attached hydrogens (primary N) is 1. The quantitative estimate of drug-likeness (QED) is 0.851. The maximum atomic E-state index is 5.83. The highest BCUT2D eigenvalue weighted by Gasteiger charge is 2.19. The van der Waals surface area contributed by atoms with Crippen LogP contribution in [-0.2, 0) is 0 Å². The van der Waals surface area contributed by atoms with Gasteiger partial charge in [-0.1, -0.05) is 6.92 Å². The van der Waals surface area contributed by atoms with Crippen molar-refractivity contribution in [2.24, 2.45) is 0 Å². The molecule has 1 fully saturated rings. The Morgan fingerprint density at radius 3 is 3.05 bits per heavy atom. The van der Waals surface area contributed by atoms with E-state index < -0.39 is 0 Å². The molecule has 1 saturated heterocycles. The number of pyridine rings is 1. The lowest BCUT2D eigenvalue weighted by atomic mass is 10.1. The molecule has 1 aromatic heterocycles. The first-order chi connectivity index (χ1) is 9.22. The van der Waals surface area contributed by atoms with E-state index >= 15 is 0 Å². The minimum atomic E-state index is 0.458. The summed E-state index contributed by atoms with van der Waals surface area (Å²) < 4.78 is 5.42. The second kappa shape index (κ2) is 6.61. The van der Waals surface area contributed by atoms with E-state index in [1.165, 1.54) is 19.4 Å². The summed E-state index contributed by atoms with van der Waals surface area (Å²) in [7, 11) is 0. The van der Waals surface area contributed by atoms with E-state index in [4.69, 9.17) is 10.5 Å². The number of piperidine rings is 1. The molecule has 5 nitrogen and oxygen atoms in total. The Balaban J connectivity index is 2.00. The molecule has 1 aliphatic heterocycles. The number of ether oxygens (including phenoxy) is 1. The van der Waals surface area contributed by atoms with Crippen molar-refractivity contribution < 1.29 is 4.74 Å². The molecule has 0 bridgehead atoms. The number of nitrogens with zero attached hydrogens (tertiary/aromatic N) is 2. The van der Waals surface area contributed by atoms with Gasteiger partial charge in [-0.25, -0.2) is 0 Å². The second-order valence-corrected chi connectivity index (χ2v) is 4.90. The van der Waals surface area contributed by atoms with Gasteiger partial charge in [-0.2, -0.15) is 4.98 Å². The van der Waals surface area contributed by atoms with Crippen LogP contribution in [0.25, 0.3) is 0 Å². The topological polar surface area (TPSA) is 63.4 Å². The number of hydrogen-bond acceptors (Lipinski definition) is 5. The highest BCUT2D eigenvalue weighted by atomic mass is 16.5. The lowest BCUT2D eigenvalue weighted by Gasteiger charge is -2.32. The molecule has 0 aliphatic carbocycles. The third-order valence-corrected chi connectivity index (χ3v) is 3.48. The third-order valence-electron chi connectivity index (χ3n) is 3.48. The first-order valence-corrected chi connectivity index (χ1v) is 7.11. The van der Waals surface area contributed by atoms with E-state index in [9.17, 15) is 0 Å². The van der Waals surface area contributed by atoms with Crippen LogP contribution in [0.3, 0.4) is 0 Å². The molecule has 0 aromatic carbocycles. The smallest absolute Gasteiger partial charge is 0.239 e. The van der Waals surface area contributed by atoms with E-state index in [0.29, 0.717) is 24.2 Å². The predicted octanol–water partition coefficient (Wildman–Crippen LogP) is 1.96. The minimum absolute atomic E-state index is 0.458. The van der Waals surface area contributed by atoms with Crippen LogP contribution in [0, 0.1) is 0 Å². The Kier molecular flexibility index (Phi) is 4.85. The van der Waals surface area contributed by atoms with Crippen LogP contribution in [-0.4, -0.2) is 42.2 Å². The van der Waals surface area contributed by atoms with Gasteiger partial charge in [0.2, 0.25) is 5.88 Å². The summed E-state index contributed by atoms with van der Waals surface area (Å²) in [6, 6.07) is 4.23. The summed E-state index contributed by atoms with van der Waals surface area (Å²) in [4.78, 5) is 6.89. The second-order valence-electron chi connectivity index (χ2n) is 4.90. The Bertz CT molecular complexity index is 410. The highest BCUT2D eigenvalue weighted by Crippen LogP contribution is 2.22. The third kappa shape index (κ3) is 3.73. The van der Waals surface area contributed by atoms with Gasteiger partial charge in [0.1, 0.15) is 5.82 Å². The molecule has 2 heterocycles. The fraction of sp³-hybridized carbons (Fsp3) is 0.643. The zero-order chi connectivity index (χ0) is 13.7. The molecule has 2 rings (SSSR count). The van der Waals surface area contributed by atoms with E-state index in [0.717, 1.165) is 18.9 Å². The highest BCUT2D eigenvalue weighted by molar-refractivity contribution is 5.53. The molecule has 0 spiro atoms. The molecule has 5 heteroatoms. The number of likely N-dealkylation sites (N-methyl/N-ethyl adjacent to an activating group) is 1. The summed E-state index contributed by atoms with van der Waals surface area (Å²) in [5, 5.41) is 3.48. The van der Waals surface area contributed by atoms with Crippen LogP contribution in [0.4, 0.5) is 11.5 Å². The number of aromatic nitrogens is 1. The van der Waals surface area contributed by atoms with Gasteiger partial charge in [-0.3, -0.25) is 0 Å². The summed E-state index contributed by atoms with van der Waals surface area (Å²) in [6.07, 6.45) is 2.42. The first-order valence-electron chi connectivity index (χ1n) is 7.11. The molecular weight excluding hydrogens is 240 g/mol. The molecule has 1 unspecified atom stereocenters. The van der Waals surface area contributed by atoms with Gasteiger partial charge in [-0.05, 0) is 45.0 Å². The van der Waals surface area contributed by atoms with E-state index in [2.05, 4.69) is 22.1 Å². The van der Waals surface area contributed by atoms with Gasteiger partial charge in [-0.15, -0.1) is 0 Å². The summed E-state index contributed by atoms with van der Waals surface area (Å²) in [5.74, 6) is 1.37. The Labute approximate surface area is 115 Å². The van der Waals surface area contributed by atoms with Gasteiger partial charge in [0.05, 0.1) is 12.3 Å². The van der Waals surface area contributed by atoms with Gasteiger partial charge < -0.3 is 20.7 Å². The van der Waals surface area contributed by atoms with Crippen molar-refractivity contribution in [1.29, 1.82) is 0 Å². The maximum absolute atomic E-state index is 5.83. The van der Waals surface area contributed by atoms with Crippen LogP contribution in [0.2, 0.25) is 0 Å². The summed E-state index contributed by atoms with van der Waals surface area (Å²) in [5.41, 5.74) is 6.42.